The topological polar surface area (TPSA) is 3.24 Å². The molecule has 0 N–H and O–H groups in total. The third-order valence-electron chi connectivity index (χ3n) is 3.30. The molecule has 0 aliphatic carbocycles. The Bertz CT molecular complexity index is 136. The molecule has 3 saturated heterocycles. The number of hydrogen-bond donors (Lipinski definition) is 0. The Kier molecular flexibility index (Phi) is 3.24. The van der Waals surface area contributed by atoms with Gasteiger partial charge in [0, 0.05) is 0 Å². The molecule has 3 aliphatic rings. The molecule has 70 valence electrons. The second kappa shape index (κ2) is 4.05. The summed E-state index contributed by atoms with van der Waals surface area (Å²) in [6.45, 7) is 4.02. The molecule has 3 rings (SSSR count). The predicted molar refractivity (Wildman–Crippen MR) is 56.3 cm³/mol. The maximum atomic E-state index is 6.77. The van der Waals surface area contributed by atoms with Crippen LogP contribution in [0.2, 0.25) is 13.3 Å². The van der Waals surface area contributed by atoms with Gasteiger partial charge in [-0.05, 0) is 0 Å². The van der Waals surface area contributed by atoms with Gasteiger partial charge in [-0.15, -0.1) is 0 Å². The van der Waals surface area contributed by atoms with E-state index in [1.165, 1.54) is 52.2 Å². The minimum atomic E-state index is -1.96. The van der Waals surface area contributed by atoms with Crippen molar-refractivity contribution >= 4 is 26.2 Å². The number of nitrogens with zero attached hydrogens (tertiary/aromatic N) is 1. The molecule has 0 atom stereocenters. The van der Waals surface area contributed by atoms with Crippen LogP contribution in [0.25, 0.3) is 0 Å². The fraction of sp³-hybridized carbons (Fsp3) is 1.00. The van der Waals surface area contributed by atoms with Crippen LogP contribution in [0.4, 0.5) is 0 Å². The van der Waals surface area contributed by atoms with Crippen molar-refractivity contribution in [3.8, 4) is 0 Å². The average molecular weight is 294 g/mol. The molecule has 0 aromatic rings. The third-order valence-corrected chi connectivity index (χ3v) is 17.8. The van der Waals surface area contributed by atoms with Crippen LogP contribution >= 0.6 is 8.92 Å². The normalized spacial score (nSPS) is 43.2. The summed E-state index contributed by atoms with van der Waals surface area (Å²) >= 11 is -1.96. The van der Waals surface area contributed by atoms with Gasteiger partial charge in [0.25, 0.3) is 0 Å². The number of fused-ring (bicyclic) bond motifs is 6. The monoisotopic (exact) mass is 295 g/mol. The summed E-state index contributed by atoms with van der Waals surface area (Å²) in [7, 11) is 6.77. The van der Waals surface area contributed by atoms with E-state index in [-0.39, 0.29) is 0 Å². The van der Waals surface area contributed by atoms with Crippen molar-refractivity contribution in [1.82, 2.24) is 4.90 Å². The van der Waals surface area contributed by atoms with Crippen molar-refractivity contribution in [1.29, 1.82) is 0 Å². The zero-order valence-corrected chi connectivity index (χ0v) is 11.3. The van der Waals surface area contributed by atoms with Gasteiger partial charge in [0.05, 0.1) is 0 Å². The average Bonchev–Trinajstić information content (AvgIpc) is 1.93. The van der Waals surface area contributed by atoms with Crippen molar-refractivity contribution in [3.05, 3.63) is 0 Å². The van der Waals surface area contributed by atoms with Gasteiger partial charge < -0.3 is 0 Å². The third kappa shape index (κ3) is 2.29. The molecule has 0 spiro atoms. The van der Waals surface area contributed by atoms with Gasteiger partial charge in [-0.3, -0.25) is 0 Å². The number of halogens is 1. The molecule has 1 nitrogen and oxygen atoms in total. The Morgan fingerprint density at radius 2 is 1.25 bits per heavy atom. The zero-order chi connectivity index (χ0) is 8.44. The minimum absolute atomic E-state index is 1.34. The molecular weight excluding hydrogens is 276 g/mol. The second-order valence-electron chi connectivity index (χ2n) is 4.30. The summed E-state index contributed by atoms with van der Waals surface area (Å²) in [4.78, 5) is 2.64. The molecule has 3 aliphatic heterocycles. The molecule has 0 aromatic carbocycles. The van der Waals surface area contributed by atoms with Crippen LogP contribution in [-0.2, 0) is 0 Å². The summed E-state index contributed by atoms with van der Waals surface area (Å²) in [6.07, 6.45) is 4.21. The van der Waals surface area contributed by atoms with E-state index in [0.29, 0.717) is 0 Å². The van der Waals surface area contributed by atoms with Crippen LogP contribution in [0.1, 0.15) is 19.3 Å². The summed E-state index contributed by atoms with van der Waals surface area (Å²) in [5.41, 5.74) is 0. The molecule has 3 fully saturated rings. The SMILES string of the molecule is [Cl][Sn]12[CH2]CCN(CC[CH2]1)CC[CH2]2. The Balaban J connectivity index is 2.06. The van der Waals surface area contributed by atoms with Crippen molar-refractivity contribution in [2.45, 2.75) is 32.6 Å². The summed E-state index contributed by atoms with van der Waals surface area (Å²) in [6, 6.07) is 0. The Labute approximate surface area is 83.0 Å². The standard InChI is InChI=1S/C9H18N.ClH.Sn/c1-4-7-10(8-5-2)9-6-3;;/h1-9H2;1H;/q;;+1/p-1. The van der Waals surface area contributed by atoms with E-state index in [9.17, 15) is 0 Å². The Morgan fingerprint density at radius 1 is 0.833 bits per heavy atom. The first-order chi connectivity index (χ1) is 5.79. The van der Waals surface area contributed by atoms with E-state index in [1.54, 1.807) is 0 Å². The van der Waals surface area contributed by atoms with Crippen LogP contribution in [0, 0.1) is 0 Å². The van der Waals surface area contributed by atoms with Gasteiger partial charge in [-0.1, -0.05) is 0 Å². The first-order valence-electron chi connectivity index (χ1n) is 5.20. The zero-order valence-electron chi connectivity index (χ0n) is 7.69. The molecule has 12 heavy (non-hydrogen) atoms. The molecule has 0 saturated carbocycles. The molecule has 0 radical (unpaired) electrons. The van der Waals surface area contributed by atoms with Gasteiger partial charge >= 0.3 is 83.3 Å². The maximum absolute atomic E-state index is 6.77. The Hall–Kier alpha value is 1.05. The van der Waals surface area contributed by atoms with E-state index in [4.69, 9.17) is 8.92 Å². The van der Waals surface area contributed by atoms with Crippen LogP contribution in [0.15, 0.2) is 0 Å². The van der Waals surface area contributed by atoms with Crippen molar-refractivity contribution < 1.29 is 0 Å². The van der Waals surface area contributed by atoms with E-state index in [0.717, 1.165) is 0 Å². The van der Waals surface area contributed by atoms with E-state index >= 15 is 0 Å². The van der Waals surface area contributed by atoms with Gasteiger partial charge in [-0.2, -0.15) is 0 Å². The molecule has 2 bridgehead atoms. The van der Waals surface area contributed by atoms with Gasteiger partial charge in [0.2, 0.25) is 0 Å². The van der Waals surface area contributed by atoms with Crippen molar-refractivity contribution in [2.75, 3.05) is 19.6 Å². The van der Waals surface area contributed by atoms with Gasteiger partial charge in [0.1, 0.15) is 0 Å². The fourth-order valence-electron chi connectivity index (χ4n) is 2.57. The van der Waals surface area contributed by atoms with Gasteiger partial charge in [0.15, 0.2) is 0 Å². The Morgan fingerprint density at radius 3 is 1.67 bits per heavy atom. The van der Waals surface area contributed by atoms with Crippen LogP contribution in [0.5, 0.6) is 0 Å². The summed E-state index contributed by atoms with van der Waals surface area (Å²) in [5, 5.41) is 0. The van der Waals surface area contributed by atoms with Crippen molar-refractivity contribution in [2.24, 2.45) is 0 Å². The molecule has 3 heterocycles. The van der Waals surface area contributed by atoms with Gasteiger partial charge in [-0.25, -0.2) is 0 Å². The predicted octanol–water partition coefficient (Wildman–Crippen LogP) is 2.67. The summed E-state index contributed by atoms with van der Waals surface area (Å²) in [5.74, 6) is 0. The van der Waals surface area contributed by atoms with Crippen LogP contribution in [0.3, 0.4) is 0 Å². The molecule has 0 aromatic heterocycles. The quantitative estimate of drug-likeness (QED) is 0.621. The fourth-order valence-corrected chi connectivity index (χ4v) is 14.2. The van der Waals surface area contributed by atoms with Crippen LogP contribution in [-0.4, -0.2) is 41.8 Å². The molecule has 3 heteroatoms. The number of hydrogen-bond acceptors (Lipinski definition) is 1. The molecule has 0 unspecified atom stereocenters. The van der Waals surface area contributed by atoms with Crippen LogP contribution < -0.4 is 0 Å². The second-order valence-corrected chi connectivity index (χ2v) is 20.5. The van der Waals surface area contributed by atoms with Crippen molar-refractivity contribution in [3.63, 3.8) is 0 Å². The van der Waals surface area contributed by atoms with E-state index in [2.05, 4.69) is 4.90 Å². The van der Waals surface area contributed by atoms with E-state index in [1.807, 2.05) is 0 Å². The first kappa shape index (κ1) is 9.60. The molecular formula is C9H18ClNSn. The molecule has 0 amide bonds. The van der Waals surface area contributed by atoms with E-state index < -0.39 is 17.3 Å². The summed E-state index contributed by atoms with van der Waals surface area (Å²) < 4.78 is 4.35. The first-order valence-corrected chi connectivity index (χ1v) is 14.9. The number of rotatable bonds is 0.